The van der Waals surface area contributed by atoms with Crippen molar-refractivity contribution >= 4 is 11.8 Å². The van der Waals surface area contributed by atoms with Crippen molar-refractivity contribution in [3.63, 3.8) is 0 Å². The van der Waals surface area contributed by atoms with Crippen LogP contribution in [0.4, 0.5) is 4.39 Å². The maximum Gasteiger partial charge on any atom is 0.260 e. The number of rotatable bonds is 7. The Morgan fingerprint density at radius 2 is 1.79 bits per heavy atom. The van der Waals surface area contributed by atoms with Crippen LogP contribution in [0.1, 0.15) is 24.0 Å². The van der Waals surface area contributed by atoms with Crippen molar-refractivity contribution in [3.05, 3.63) is 65.5 Å². The first kappa shape index (κ1) is 20.8. The fraction of sp³-hybridized carbons (Fsp3) is 0.391. The van der Waals surface area contributed by atoms with Crippen molar-refractivity contribution in [1.29, 1.82) is 0 Å². The van der Waals surface area contributed by atoms with Crippen molar-refractivity contribution < 1.29 is 18.7 Å². The second-order valence-electron chi connectivity index (χ2n) is 7.39. The summed E-state index contributed by atoms with van der Waals surface area (Å²) in [6.45, 7) is 3.49. The molecule has 2 aromatic carbocycles. The number of aryl methyl sites for hydroxylation is 1. The Balaban J connectivity index is 1.36. The zero-order valence-electron chi connectivity index (χ0n) is 16.7. The molecule has 1 fully saturated rings. The minimum absolute atomic E-state index is 0.00254. The summed E-state index contributed by atoms with van der Waals surface area (Å²) in [5, 5.41) is 2.89. The fourth-order valence-electron chi connectivity index (χ4n) is 3.43. The van der Waals surface area contributed by atoms with Crippen LogP contribution in [0.2, 0.25) is 0 Å². The lowest BCUT2D eigenvalue weighted by molar-refractivity contribution is -0.137. The monoisotopic (exact) mass is 398 g/mol. The Morgan fingerprint density at radius 1 is 1.10 bits per heavy atom. The van der Waals surface area contributed by atoms with E-state index in [1.807, 2.05) is 31.2 Å². The number of amides is 2. The Labute approximate surface area is 170 Å². The molecule has 2 amide bonds. The molecular formula is C23H27FN2O3. The number of hydrogen-bond acceptors (Lipinski definition) is 3. The molecule has 3 rings (SSSR count). The van der Waals surface area contributed by atoms with E-state index in [4.69, 9.17) is 4.74 Å². The van der Waals surface area contributed by atoms with E-state index in [0.29, 0.717) is 50.2 Å². The first-order valence-corrected chi connectivity index (χ1v) is 10.0. The highest BCUT2D eigenvalue weighted by Crippen LogP contribution is 2.18. The van der Waals surface area contributed by atoms with E-state index in [-0.39, 0.29) is 30.2 Å². The summed E-state index contributed by atoms with van der Waals surface area (Å²) < 4.78 is 19.2. The van der Waals surface area contributed by atoms with Gasteiger partial charge in [-0.25, -0.2) is 4.39 Å². The number of ether oxygens (including phenoxy) is 1. The number of benzene rings is 2. The Kier molecular flexibility index (Phi) is 7.22. The zero-order chi connectivity index (χ0) is 20.6. The molecule has 1 heterocycles. The third-order valence-electron chi connectivity index (χ3n) is 5.25. The summed E-state index contributed by atoms with van der Waals surface area (Å²) in [6.07, 6.45) is 1.72. The van der Waals surface area contributed by atoms with Gasteiger partial charge in [-0.1, -0.05) is 35.9 Å². The summed E-state index contributed by atoms with van der Waals surface area (Å²) in [7, 11) is 0. The molecule has 0 saturated carbocycles. The summed E-state index contributed by atoms with van der Waals surface area (Å²) in [6, 6.07) is 14.2. The Hall–Kier alpha value is -2.89. The summed E-state index contributed by atoms with van der Waals surface area (Å²) in [5.41, 5.74) is 1.74. The van der Waals surface area contributed by atoms with Gasteiger partial charge in [-0.3, -0.25) is 9.59 Å². The highest BCUT2D eigenvalue weighted by molar-refractivity contribution is 5.80. The van der Waals surface area contributed by atoms with E-state index in [0.717, 1.165) is 5.56 Å². The quantitative estimate of drug-likeness (QED) is 0.780. The van der Waals surface area contributed by atoms with Gasteiger partial charge in [0.15, 0.2) is 6.61 Å². The standard InChI is InChI=1S/C23H27FN2O3/c1-17-6-8-20(9-7-17)29-16-22(27)26-14-11-19(12-15-26)23(28)25-13-10-18-4-2-3-5-21(18)24/h2-9,19H,10-16H2,1H3,(H,25,28). The van der Waals surface area contributed by atoms with Crippen molar-refractivity contribution in [2.45, 2.75) is 26.2 Å². The molecule has 0 unspecified atom stereocenters. The molecule has 1 saturated heterocycles. The topological polar surface area (TPSA) is 58.6 Å². The number of carbonyl (C=O) groups is 2. The lowest BCUT2D eigenvalue weighted by Gasteiger charge is -2.31. The SMILES string of the molecule is Cc1ccc(OCC(=O)N2CCC(C(=O)NCCc3ccccc3F)CC2)cc1. The van der Waals surface area contributed by atoms with Crippen LogP contribution < -0.4 is 10.1 Å². The van der Waals surface area contributed by atoms with E-state index in [9.17, 15) is 14.0 Å². The van der Waals surface area contributed by atoms with E-state index >= 15 is 0 Å². The minimum Gasteiger partial charge on any atom is -0.484 e. The molecule has 1 aliphatic heterocycles. The average Bonchev–Trinajstić information content (AvgIpc) is 2.74. The van der Waals surface area contributed by atoms with Gasteiger partial charge in [0.05, 0.1) is 0 Å². The first-order valence-electron chi connectivity index (χ1n) is 10.0. The van der Waals surface area contributed by atoms with Gasteiger partial charge in [0.2, 0.25) is 5.91 Å². The van der Waals surface area contributed by atoms with Gasteiger partial charge in [0, 0.05) is 25.6 Å². The molecule has 0 radical (unpaired) electrons. The van der Waals surface area contributed by atoms with Gasteiger partial charge in [-0.05, 0) is 49.9 Å². The zero-order valence-corrected chi connectivity index (χ0v) is 16.7. The average molecular weight is 398 g/mol. The number of halogens is 1. The number of piperidine rings is 1. The second-order valence-corrected chi connectivity index (χ2v) is 7.39. The molecule has 0 aromatic heterocycles. The van der Waals surface area contributed by atoms with E-state index in [1.165, 1.54) is 6.07 Å². The van der Waals surface area contributed by atoms with Gasteiger partial charge in [0.25, 0.3) is 5.91 Å². The maximum absolute atomic E-state index is 13.6. The van der Waals surface area contributed by atoms with Crippen LogP contribution in [-0.4, -0.2) is 43.0 Å². The fourth-order valence-corrected chi connectivity index (χ4v) is 3.43. The molecule has 1 aliphatic rings. The van der Waals surface area contributed by atoms with Gasteiger partial charge >= 0.3 is 0 Å². The van der Waals surface area contributed by atoms with Crippen molar-refractivity contribution in [2.75, 3.05) is 26.2 Å². The minimum atomic E-state index is -0.249. The van der Waals surface area contributed by atoms with Crippen molar-refractivity contribution in [2.24, 2.45) is 5.92 Å². The van der Waals surface area contributed by atoms with Gasteiger partial charge < -0.3 is 15.0 Å². The molecule has 0 atom stereocenters. The lowest BCUT2D eigenvalue weighted by atomic mass is 9.96. The number of nitrogens with one attached hydrogen (secondary N) is 1. The van der Waals surface area contributed by atoms with Crippen LogP contribution in [0.25, 0.3) is 0 Å². The number of nitrogens with zero attached hydrogens (tertiary/aromatic N) is 1. The predicted octanol–water partition coefficient (Wildman–Crippen LogP) is 3.11. The predicted molar refractivity (Wildman–Crippen MR) is 109 cm³/mol. The van der Waals surface area contributed by atoms with E-state index < -0.39 is 0 Å². The summed E-state index contributed by atoms with van der Waals surface area (Å²) >= 11 is 0. The number of likely N-dealkylation sites (tertiary alicyclic amines) is 1. The van der Waals surface area contributed by atoms with Crippen LogP contribution >= 0.6 is 0 Å². The molecule has 0 spiro atoms. The van der Waals surface area contributed by atoms with Gasteiger partial charge in [-0.2, -0.15) is 0 Å². The molecule has 5 nitrogen and oxygen atoms in total. The highest BCUT2D eigenvalue weighted by atomic mass is 19.1. The molecule has 6 heteroatoms. The molecule has 2 aromatic rings. The summed E-state index contributed by atoms with van der Waals surface area (Å²) in [5.74, 6) is 0.223. The molecular weight excluding hydrogens is 371 g/mol. The van der Waals surface area contributed by atoms with Crippen LogP contribution in [0, 0.1) is 18.7 Å². The third-order valence-corrected chi connectivity index (χ3v) is 5.25. The normalized spacial score (nSPS) is 14.5. The summed E-state index contributed by atoms with van der Waals surface area (Å²) in [4.78, 5) is 26.4. The van der Waals surface area contributed by atoms with Gasteiger partial charge in [0.1, 0.15) is 11.6 Å². The van der Waals surface area contributed by atoms with E-state index in [2.05, 4.69) is 5.32 Å². The van der Waals surface area contributed by atoms with Gasteiger partial charge in [-0.15, -0.1) is 0 Å². The number of carbonyl (C=O) groups excluding carboxylic acids is 2. The highest BCUT2D eigenvalue weighted by Gasteiger charge is 2.27. The Morgan fingerprint density at radius 3 is 2.48 bits per heavy atom. The first-order chi connectivity index (χ1) is 14.0. The lowest BCUT2D eigenvalue weighted by Crippen LogP contribution is -2.44. The number of hydrogen-bond donors (Lipinski definition) is 1. The van der Waals surface area contributed by atoms with Crippen molar-refractivity contribution in [3.8, 4) is 5.75 Å². The second kappa shape index (κ2) is 10.0. The van der Waals surface area contributed by atoms with Crippen molar-refractivity contribution in [1.82, 2.24) is 10.2 Å². The van der Waals surface area contributed by atoms with Crippen LogP contribution in [-0.2, 0) is 16.0 Å². The smallest absolute Gasteiger partial charge is 0.260 e. The third kappa shape index (κ3) is 6.04. The molecule has 29 heavy (non-hydrogen) atoms. The largest absolute Gasteiger partial charge is 0.484 e. The Bertz CT molecular complexity index is 830. The van der Waals surface area contributed by atoms with Crippen LogP contribution in [0.15, 0.2) is 48.5 Å². The molecule has 154 valence electrons. The van der Waals surface area contributed by atoms with E-state index in [1.54, 1.807) is 23.1 Å². The van der Waals surface area contributed by atoms with Crippen LogP contribution in [0.3, 0.4) is 0 Å². The molecule has 0 aliphatic carbocycles. The maximum atomic E-state index is 13.6. The molecule has 1 N–H and O–H groups in total. The van der Waals surface area contributed by atoms with Crippen LogP contribution in [0.5, 0.6) is 5.75 Å². The molecule has 0 bridgehead atoms.